The first-order valence-corrected chi connectivity index (χ1v) is 9.24. The van der Waals surface area contributed by atoms with Crippen molar-refractivity contribution in [1.29, 1.82) is 0 Å². The third kappa shape index (κ3) is 3.48. The number of hydrogen-bond acceptors (Lipinski definition) is 5. The van der Waals surface area contributed by atoms with Crippen LogP contribution in [0.2, 0.25) is 0 Å². The maximum Gasteiger partial charge on any atom is 0.270 e. The number of hydrogen-bond donors (Lipinski definition) is 0. The molecule has 1 aliphatic rings. The summed E-state index contributed by atoms with van der Waals surface area (Å²) in [6.45, 7) is 3.97. The Bertz CT molecular complexity index is 921. The molecule has 0 unspecified atom stereocenters. The summed E-state index contributed by atoms with van der Waals surface area (Å²) < 4.78 is 11.2. The minimum atomic E-state index is -0.119. The van der Waals surface area contributed by atoms with Crippen LogP contribution in [0.3, 0.4) is 0 Å². The fourth-order valence-electron chi connectivity index (χ4n) is 2.71. The summed E-state index contributed by atoms with van der Waals surface area (Å²) in [6.07, 6.45) is 1.81. The molecule has 2 aromatic carbocycles. The average molecular weight is 386 g/mol. The van der Waals surface area contributed by atoms with Crippen LogP contribution in [0.5, 0.6) is 11.5 Å². The first-order valence-electron chi connectivity index (χ1n) is 8.02. The van der Waals surface area contributed by atoms with E-state index in [9.17, 15) is 4.79 Å². The molecule has 1 heterocycles. The van der Waals surface area contributed by atoms with Gasteiger partial charge in [0.1, 0.15) is 11.5 Å². The van der Waals surface area contributed by atoms with E-state index in [-0.39, 0.29) is 5.91 Å². The first kappa shape index (κ1) is 18.5. The zero-order chi connectivity index (χ0) is 18.8. The van der Waals surface area contributed by atoms with Crippen molar-refractivity contribution >= 4 is 46.0 Å². The summed E-state index contributed by atoms with van der Waals surface area (Å²) in [7, 11) is 3.19. The van der Waals surface area contributed by atoms with E-state index in [1.165, 1.54) is 11.8 Å². The number of amides is 1. The van der Waals surface area contributed by atoms with Crippen molar-refractivity contribution in [3.63, 3.8) is 0 Å². The number of carbonyl (C=O) groups is 1. The van der Waals surface area contributed by atoms with Crippen LogP contribution < -0.4 is 14.4 Å². The number of benzene rings is 2. The minimum Gasteiger partial charge on any atom is -0.497 e. The number of thiocarbonyl (C=S) groups is 1. The van der Waals surface area contributed by atoms with Crippen molar-refractivity contribution in [3.8, 4) is 11.5 Å². The molecule has 3 rings (SSSR count). The van der Waals surface area contributed by atoms with Crippen LogP contribution in [-0.4, -0.2) is 24.4 Å². The summed E-state index contributed by atoms with van der Waals surface area (Å²) in [4.78, 5) is 15.2. The number of ether oxygens (including phenoxy) is 2. The van der Waals surface area contributed by atoms with Crippen molar-refractivity contribution in [2.24, 2.45) is 0 Å². The van der Waals surface area contributed by atoms with Gasteiger partial charge in [-0.1, -0.05) is 36.1 Å². The number of thioether (sulfide) groups is 1. The predicted molar refractivity (Wildman–Crippen MR) is 111 cm³/mol. The number of nitrogens with zero attached hydrogens (tertiary/aromatic N) is 1. The number of methoxy groups -OCH3 is 2. The molecule has 2 aromatic rings. The monoisotopic (exact) mass is 385 g/mol. The molecule has 0 saturated carbocycles. The van der Waals surface area contributed by atoms with Gasteiger partial charge in [-0.05, 0) is 49.2 Å². The molecule has 134 valence electrons. The maximum absolute atomic E-state index is 13.0. The van der Waals surface area contributed by atoms with Crippen molar-refractivity contribution in [3.05, 3.63) is 58.0 Å². The van der Waals surface area contributed by atoms with E-state index < -0.39 is 0 Å². The summed E-state index contributed by atoms with van der Waals surface area (Å²) in [5.41, 5.74) is 3.72. The van der Waals surface area contributed by atoms with Gasteiger partial charge in [-0.3, -0.25) is 9.69 Å². The fraction of sp³-hybridized carbons (Fsp3) is 0.200. The summed E-state index contributed by atoms with van der Waals surface area (Å²) in [6, 6.07) is 11.5. The standard InChI is InChI=1S/C20H19NO3S2/c1-12-5-6-13(2)16(9-12)21-19(22)18(26-20(21)25)10-14-7-8-15(23-3)11-17(14)24-4/h5-11H,1-4H3. The second-order valence-corrected chi connectivity index (χ2v) is 7.59. The number of anilines is 1. The lowest BCUT2D eigenvalue weighted by Gasteiger charge is -2.17. The molecule has 1 fully saturated rings. The van der Waals surface area contributed by atoms with Crippen LogP contribution in [0.15, 0.2) is 41.3 Å². The zero-order valence-electron chi connectivity index (χ0n) is 15.0. The Hall–Kier alpha value is -2.31. The van der Waals surface area contributed by atoms with Gasteiger partial charge in [-0.25, -0.2) is 0 Å². The Balaban J connectivity index is 1.99. The molecule has 0 radical (unpaired) electrons. The molecule has 1 saturated heterocycles. The SMILES string of the molecule is COc1ccc(C=C2SC(=S)N(c3cc(C)ccc3C)C2=O)c(OC)c1. The van der Waals surface area contributed by atoms with Crippen LogP contribution in [0.4, 0.5) is 5.69 Å². The maximum atomic E-state index is 13.0. The van der Waals surface area contributed by atoms with Gasteiger partial charge < -0.3 is 9.47 Å². The molecule has 0 atom stereocenters. The normalized spacial score (nSPS) is 15.7. The van der Waals surface area contributed by atoms with Gasteiger partial charge in [-0.15, -0.1) is 0 Å². The lowest BCUT2D eigenvalue weighted by molar-refractivity contribution is -0.113. The molecule has 6 heteroatoms. The highest BCUT2D eigenvalue weighted by molar-refractivity contribution is 8.27. The Kier molecular flexibility index (Phi) is 5.34. The second-order valence-electron chi connectivity index (χ2n) is 5.91. The highest BCUT2D eigenvalue weighted by atomic mass is 32.2. The van der Waals surface area contributed by atoms with Crippen molar-refractivity contribution in [2.75, 3.05) is 19.1 Å². The molecule has 0 aromatic heterocycles. The molecule has 1 aliphatic heterocycles. The molecule has 1 amide bonds. The summed E-state index contributed by atoms with van der Waals surface area (Å²) in [5, 5.41) is 0. The summed E-state index contributed by atoms with van der Waals surface area (Å²) in [5.74, 6) is 1.22. The van der Waals surface area contributed by atoms with E-state index in [2.05, 4.69) is 0 Å². The molecular formula is C20H19NO3S2. The average Bonchev–Trinajstić information content (AvgIpc) is 2.91. The molecule has 0 bridgehead atoms. The van der Waals surface area contributed by atoms with E-state index in [0.717, 1.165) is 22.4 Å². The van der Waals surface area contributed by atoms with E-state index in [4.69, 9.17) is 21.7 Å². The van der Waals surface area contributed by atoms with Crippen LogP contribution in [0.25, 0.3) is 6.08 Å². The molecule has 4 nitrogen and oxygen atoms in total. The Morgan fingerprint density at radius 2 is 1.85 bits per heavy atom. The minimum absolute atomic E-state index is 0.119. The Morgan fingerprint density at radius 3 is 2.54 bits per heavy atom. The third-order valence-corrected chi connectivity index (χ3v) is 5.43. The first-order chi connectivity index (χ1) is 12.4. The molecular weight excluding hydrogens is 366 g/mol. The number of carbonyl (C=O) groups excluding carboxylic acids is 1. The Morgan fingerprint density at radius 1 is 1.08 bits per heavy atom. The van der Waals surface area contributed by atoms with Gasteiger partial charge in [-0.2, -0.15) is 0 Å². The Labute approximate surface area is 162 Å². The largest absolute Gasteiger partial charge is 0.497 e. The fourth-order valence-corrected chi connectivity index (χ4v) is 3.99. The zero-order valence-corrected chi connectivity index (χ0v) is 16.7. The van der Waals surface area contributed by atoms with Gasteiger partial charge in [0.2, 0.25) is 0 Å². The van der Waals surface area contributed by atoms with Gasteiger partial charge in [0.25, 0.3) is 5.91 Å². The molecule has 0 N–H and O–H groups in total. The van der Waals surface area contributed by atoms with E-state index in [1.807, 2.05) is 50.3 Å². The lowest BCUT2D eigenvalue weighted by atomic mass is 10.1. The topological polar surface area (TPSA) is 38.8 Å². The van der Waals surface area contributed by atoms with Gasteiger partial charge >= 0.3 is 0 Å². The predicted octanol–water partition coefficient (Wildman–Crippen LogP) is 4.73. The molecule has 26 heavy (non-hydrogen) atoms. The smallest absolute Gasteiger partial charge is 0.270 e. The van der Waals surface area contributed by atoms with E-state index in [0.29, 0.717) is 20.7 Å². The van der Waals surface area contributed by atoms with Crippen LogP contribution in [0, 0.1) is 13.8 Å². The third-order valence-electron chi connectivity index (χ3n) is 4.13. The van der Waals surface area contributed by atoms with Crippen LogP contribution in [0.1, 0.15) is 16.7 Å². The number of rotatable bonds is 4. The molecule has 0 aliphatic carbocycles. The van der Waals surface area contributed by atoms with Crippen molar-refractivity contribution in [1.82, 2.24) is 0 Å². The van der Waals surface area contributed by atoms with Crippen molar-refractivity contribution in [2.45, 2.75) is 13.8 Å². The van der Waals surface area contributed by atoms with Crippen LogP contribution >= 0.6 is 24.0 Å². The lowest BCUT2D eigenvalue weighted by Crippen LogP contribution is -2.28. The van der Waals surface area contributed by atoms with Crippen LogP contribution in [-0.2, 0) is 4.79 Å². The van der Waals surface area contributed by atoms with E-state index >= 15 is 0 Å². The quantitative estimate of drug-likeness (QED) is 0.562. The molecule has 0 spiro atoms. The van der Waals surface area contributed by atoms with Gasteiger partial charge in [0.15, 0.2) is 4.32 Å². The number of aryl methyl sites for hydroxylation is 2. The second kappa shape index (κ2) is 7.51. The highest BCUT2D eigenvalue weighted by Crippen LogP contribution is 2.38. The van der Waals surface area contributed by atoms with E-state index in [1.54, 1.807) is 25.2 Å². The van der Waals surface area contributed by atoms with Gasteiger partial charge in [0.05, 0.1) is 24.8 Å². The highest BCUT2D eigenvalue weighted by Gasteiger charge is 2.34. The summed E-state index contributed by atoms with van der Waals surface area (Å²) >= 11 is 6.77. The van der Waals surface area contributed by atoms with Gasteiger partial charge in [0, 0.05) is 11.6 Å². The van der Waals surface area contributed by atoms with Crippen molar-refractivity contribution < 1.29 is 14.3 Å².